The monoisotopic (exact) mass is 489 g/mol. The maximum atomic E-state index is 12.1. The highest BCUT2D eigenvalue weighted by Crippen LogP contribution is 2.32. The molecule has 0 spiro atoms. The Balaban J connectivity index is 1.34. The average Bonchev–Trinajstić information content (AvgIpc) is 3.39. The highest BCUT2D eigenvalue weighted by Gasteiger charge is 2.16. The number of thioether (sulfide) groups is 1. The molecule has 1 aliphatic rings. The maximum absolute atomic E-state index is 12.1. The average molecular weight is 490 g/mol. The van der Waals surface area contributed by atoms with Gasteiger partial charge in [-0.15, -0.1) is 11.3 Å². The van der Waals surface area contributed by atoms with Gasteiger partial charge in [0.2, 0.25) is 5.91 Å². The van der Waals surface area contributed by atoms with Crippen molar-refractivity contribution in [1.29, 1.82) is 0 Å². The van der Waals surface area contributed by atoms with Crippen molar-refractivity contribution in [1.82, 2.24) is 10.3 Å². The fourth-order valence-electron chi connectivity index (χ4n) is 2.94. The summed E-state index contributed by atoms with van der Waals surface area (Å²) < 4.78 is 8.53. The number of aromatic nitrogens is 1. The number of thiazole rings is 1. The Labute approximate surface area is 186 Å². The van der Waals surface area contributed by atoms with Crippen LogP contribution in [0.15, 0.2) is 56.3 Å². The predicted octanol–water partition coefficient (Wildman–Crippen LogP) is 5.20. The fraction of sp³-hybridized carbons (Fsp3) is 0.286. The number of hydrogen-bond acceptors (Lipinski definition) is 6. The molecule has 1 aliphatic heterocycles. The molecule has 29 heavy (non-hydrogen) atoms. The van der Waals surface area contributed by atoms with Gasteiger partial charge in [-0.1, -0.05) is 39.8 Å². The van der Waals surface area contributed by atoms with E-state index in [1.807, 2.05) is 48.7 Å². The van der Waals surface area contributed by atoms with Gasteiger partial charge >= 0.3 is 0 Å². The molecule has 5 nitrogen and oxygen atoms in total. The highest BCUT2D eigenvalue weighted by molar-refractivity contribution is 9.10. The third kappa shape index (κ3) is 5.88. The minimum absolute atomic E-state index is 0.0181. The Kier molecular flexibility index (Phi) is 6.97. The van der Waals surface area contributed by atoms with Crippen LogP contribution in [0.25, 0.3) is 10.2 Å². The van der Waals surface area contributed by atoms with Crippen LogP contribution in [-0.4, -0.2) is 42.1 Å². The first-order valence-electron chi connectivity index (χ1n) is 9.37. The summed E-state index contributed by atoms with van der Waals surface area (Å²) >= 11 is 6.49. The Morgan fingerprint density at radius 1 is 1.34 bits per heavy atom. The van der Waals surface area contributed by atoms with Crippen molar-refractivity contribution in [3.8, 4) is 0 Å². The largest absolute Gasteiger partial charge is 0.376 e. The Morgan fingerprint density at radius 2 is 2.21 bits per heavy atom. The van der Waals surface area contributed by atoms with Gasteiger partial charge in [-0.3, -0.25) is 9.79 Å². The molecule has 1 atom stereocenters. The van der Waals surface area contributed by atoms with Gasteiger partial charge in [-0.25, -0.2) is 4.98 Å². The second-order valence-corrected chi connectivity index (χ2v) is 9.84. The molecular formula is C21H20BrN3O2S2. The van der Waals surface area contributed by atoms with Gasteiger partial charge in [0.25, 0.3) is 0 Å². The van der Waals surface area contributed by atoms with Gasteiger partial charge in [0.05, 0.1) is 27.8 Å². The van der Waals surface area contributed by atoms with E-state index in [9.17, 15) is 4.79 Å². The molecule has 4 rings (SSSR count). The van der Waals surface area contributed by atoms with Gasteiger partial charge in [0, 0.05) is 23.8 Å². The third-order valence-corrected chi connectivity index (χ3v) is 7.15. The standard InChI is InChI=1S/C21H20BrN3O2S2/c22-15-5-3-14(4-6-15)11-23-16-7-8-18-19(10-16)29-21(25-18)28-13-20(26)24-12-17-2-1-9-27-17/h3-8,10-11,17H,1-2,9,12-13H2,(H,24,26). The summed E-state index contributed by atoms with van der Waals surface area (Å²) in [5, 5.41) is 2.94. The van der Waals surface area contributed by atoms with Crippen LogP contribution in [0.3, 0.4) is 0 Å². The number of carbonyl (C=O) groups is 1. The van der Waals surface area contributed by atoms with Gasteiger partial charge in [-0.2, -0.15) is 0 Å². The zero-order valence-corrected chi connectivity index (χ0v) is 18.9. The van der Waals surface area contributed by atoms with Crippen molar-refractivity contribution in [3.05, 3.63) is 52.5 Å². The molecule has 1 unspecified atom stereocenters. The summed E-state index contributed by atoms with van der Waals surface area (Å²) in [7, 11) is 0. The molecule has 0 radical (unpaired) electrons. The number of ether oxygens (including phenoxy) is 1. The summed E-state index contributed by atoms with van der Waals surface area (Å²) in [5.41, 5.74) is 2.86. The van der Waals surface area contributed by atoms with E-state index in [4.69, 9.17) is 4.74 Å². The summed E-state index contributed by atoms with van der Waals surface area (Å²) in [4.78, 5) is 21.2. The number of fused-ring (bicyclic) bond motifs is 1. The smallest absolute Gasteiger partial charge is 0.230 e. The zero-order chi connectivity index (χ0) is 20.1. The number of halogens is 1. The lowest BCUT2D eigenvalue weighted by molar-refractivity contribution is -0.119. The van der Waals surface area contributed by atoms with Crippen LogP contribution in [0.5, 0.6) is 0 Å². The number of rotatable bonds is 7. The fourth-order valence-corrected chi connectivity index (χ4v) is 5.14. The molecule has 1 N–H and O–H groups in total. The van der Waals surface area contributed by atoms with Crippen LogP contribution >= 0.6 is 39.0 Å². The summed E-state index contributed by atoms with van der Waals surface area (Å²) in [6.07, 6.45) is 4.12. The molecule has 1 amide bonds. The number of nitrogens with zero attached hydrogens (tertiary/aromatic N) is 2. The first-order chi connectivity index (χ1) is 14.2. The summed E-state index contributed by atoms with van der Waals surface area (Å²) in [6.45, 7) is 1.40. The number of nitrogens with one attached hydrogen (secondary N) is 1. The van der Waals surface area contributed by atoms with Crippen molar-refractivity contribution >= 4 is 67.1 Å². The van der Waals surface area contributed by atoms with E-state index in [1.165, 1.54) is 11.8 Å². The highest BCUT2D eigenvalue weighted by atomic mass is 79.9. The van der Waals surface area contributed by atoms with E-state index in [1.54, 1.807) is 11.3 Å². The van der Waals surface area contributed by atoms with Gasteiger partial charge in [0.15, 0.2) is 4.34 Å². The maximum Gasteiger partial charge on any atom is 0.230 e. The molecule has 0 aliphatic carbocycles. The minimum atomic E-state index is 0.0181. The molecule has 150 valence electrons. The van der Waals surface area contributed by atoms with Crippen LogP contribution < -0.4 is 5.32 Å². The lowest BCUT2D eigenvalue weighted by Gasteiger charge is -2.09. The molecule has 0 bridgehead atoms. The van der Waals surface area contributed by atoms with Crippen LogP contribution in [0, 0.1) is 0 Å². The third-order valence-electron chi connectivity index (χ3n) is 4.46. The van der Waals surface area contributed by atoms with Gasteiger partial charge in [-0.05, 0) is 48.7 Å². The lowest BCUT2D eigenvalue weighted by atomic mass is 10.2. The number of hydrogen-bond donors (Lipinski definition) is 1. The molecule has 3 aromatic rings. The molecule has 2 heterocycles. The Morgan fingerprint density at radius 3 is 3.00 bits per heavy atom. The minimum Gasteiger partial charge on any atom is -0.376 e. The quantitative estimate of drug-likeness (QED) is 0.366. The number of amides is 1. The topological polar surface area (TPSA) is 63.6 Å². The first kappa shape index (κ1) is 20.5. The van der Waals surface area contributed by atoms with E-state index in [-0.39, 0.29) is 12.0 Å². The van der Waals surface area contributed by atoms with Crippen molar-refractivity contribution in [2.24, 2.45) is 4.99 Å². The number of aliphatic imine (C=N–C) groups is 1. The Hall–Kier alpha value is -1.74. The summed E-state index contributed by atoms with van der Waals surface area (Å²) in [5.74, 6) is 0.380. The molecule has 1 aromatic heterocycles. The molecular weight excluding hydrogens is 470 g/mol. The molecule has 1 fully saturated rings. The lowest BCUT2D eigenvalue weighted by Crippen LogP contribution is -2.32. The van der Waals surface area contributed by atoms with Crippen molar-refractivity contribution in [2.45, 2.75) is 23.3 Å². The SMILES string of the molecule is O=C(CSc1nc2ccc(N=Cc3ccc(Br)cc3)cc2s1)NCC1CCCO1. The molecule has 1 saturated heterocycles. The van der Waals surface area contributed by atoms with E-state index in [2.05, 4.69) is 31.2 Å². The number of benzene rings is 2. The van der Waals surface area contributed by atoms with Crippen LogP contribution in [-0.2, 0) is 9.53 Å². The van der Waals surface area contributed by atoms with E-state index in [0.717, 1.165) is 49.7 Å². The van der Waals surface area contributed by atoms with Crippen molar-refractivity contribution in [3.63, 3.8) is 0 Å². The molecule has 8 heteroatoms. The van der Waals surface area contributed by atoms with Crippen molar-refractivity contribution in [2.75, 3.05) is 18.9 Å². The van der Waals surface area contributed by atoms with Crippen LogP contribution in [0.4, 0.5) is 5.69 Å². The van der Waals surface area contributed by atoms with E-state index >= 15 is 0 Å². The zero-order valence-electron chi connectivity index (χ0n) is 15.6. The van der Waals surface area contributed by atoms with E-state index in [0.29, 0.717) is 12.3 Å². The van der Waals surface area contributed by atoms with E-state index < -0.39 is 0 Å². The second kappa shape index (κ2) is 9.84. The second-order valence-electron chi connectivity index (χ2n) is 6.67. The van der Waals surface area contributed by atoms with Gasteiger partial charge < -0.3 is 10.1 Å². The molecule has 0 saturated carbocycles. The Bertz CT molecular complexity index is 1010. The number of carbonyl (C=O) groups excluding carboxylic acids is 1. The normalized spacial score (nSPS) is 16.7. The van der Waals surface area contributed by atoms with Crippen LogP contribution in [0.2, 0.25) is 0 Å². The first-order valence-corrected chi connectivity index (χ1v) is 12.0. The van der Waals surface area contributed by atoms with Crippen molar-refractivity contribution < 1.29 is 9.53 Å². The van der Waals surface area contributed by atoms with Gasteiger partial charge in [0.1, 0.15) is 0 Å². The predicted molar refractivity (Wildman–Crippen MR) is 124 cm³/mol. The van der Waals surface area contributed by atoms with Crippen LogP contribution in [0.1, 0.15) is 18.4 Å². The molecule has 2 aromatic carbocycles. The summed E-state index contributed by atoms with van der Waals surface area (Å²) in [6, 6.07) is 14.0.